The molecule has 0 bridgehead atoms. The molecule has 0 radical (unpaired) electrons. The lowest BCUT2D eigenvalue weighted by atomic mass is 9.94. The quantitative estimate of drug-likeness (QED) is 0.756. The molecule has 0 aromatic rings. The number of amides is 1. The van der Waals surface area contributed by atoms with Crippen LogP contribution in [0.4, 0.5) is 0 Å². The second-order valence-corrected chi connectivity index (χ2v) is 6.84. The number of ether oxygens (including phenoxy) is 1. The van der Waals surface area contributed by atoms with Crippen LogP contribution in [0.25, 0.3) is 0 Å². The fraction of sp³-hybridized carbons (Fsp3) is 0.933. The minimum Gasteiger partial charge on any atom is -0.379 e. The highest BCUT2D eigenvalue weighted by Gasteiger charge is 2.29. The van der Waals surface area contributed by atoms with E-state index < -0.39 is 0 Å². The Morgan fingerprint density at radius 2 is 1.40 bits per heavy atom. The minimum atomic E-state index is -0.254. The van der Waals surface area contributed by atoms with E-state index in [2.05, 4.69) is 9.80 Å². The van der Waals surface area contributed by atoms with Gasteiger partial charge in [-0.15, -0.1) is 0 Å². The largest absolute Gasteiger partial charge is 0.379 e. The Hall–Kier alpha value is -0.650. The molecule has 2 saturated heterocycles. The SMILES string of the molecule is CC(C)(C)C(=O)N1CCN(CCN2CCOCC2)CC1. The molecule has 0 aromatic heterocycles. The highest BCUT2D eigenvalue weighted by Crippen LogP contribution is 2.18. The Balaban J connectivity index is 1.67. The predicted molar refractivity (Wildman–Crippen MR) is 79.7 cm³/mol. The zero-order valence-corrected chi connectivity index (χ0v) is 13.2. The third kappa shape index (κ3) is 4.43. The maximum atomic E-state index is 12.2. The van der Waals surface area contributed by atoms with Crippen molar-refractivity contribution in [2.24, 2.45) is 5.41 Å². The molecule has 2 aliphatic rings. The van der Waals surface area contributed by atoms with Crippen molar-refractivity contribution in [3.05, 3.63) is 0 Å². The third-order valence-electron chi connectivity index (χ3n) is 4.14. The number of morpholine rings is 1. The fourth-order valence-corrected chi connectivity index (χ4v) is 2.76. The van der Waals surface area contributed by atoms with Gasteiger partial charge in [-0.05, 0) is 0 Å². The van der Waals surface area contributed by atoms with E-state index in [9.17, 15) is 4.79 Å². The summed E-state index contributed by atoms with van der Waals surface area (Å²) in [5.74, 6) is 0.283. The number of hydrogen-bond donors (Lipinski definition) is 0. The van der Waals surface area contributed by atoms with Crippen molar-refractivity contribution in [1.82, 2.24) is 14.7 Å². The molecule has 0 aromatic carbocycles. The van der Waals surface area contributed by atoms with Gasteiger partial charge in [0.2, 0.25) is 5.91 Å². The number of nitrogens with zero attached hydrogens (tertiary/aromatic N) is 3. The summed E-state index contributed by atoms with van der Waals surface area (Å²) in [5.41, 5.74) is -0.254. The Labute approximate surface area is 122 Å². The molecule has 116 valence electrons. The first-order chi connectivity index (χ1) is 9.47. The Bertz CT molecular complexity index is 314. The molecule has 5 nitrogen and oxygen atoms in total. The van der Waals surface area contributed by atoms with Crippen LogP contribution < -0.4 is 0 Å². The third-order valence-corrected chi connectivity index (χ3v) is 4.14. The van der Waals surface area contributed by atoms with Gasteiger partial charge in [0.05, 0.1) is 13.2 Å². The first-order valence-electron chi connectivity index (χ1n) is 7.78. The van der Waals surface area contributed by atoms with E-state index in [1.165, 1.54) is 0 Å². The number of hydrogen-bond acceptors (Lipinski definition) is 4. The van der Waals surface area contributed by atoms with E-state index in [1.54, 1.807) is 0 Å². The van der Waals surface area contributed by atoms with E-state index in [0.717, 1.165) is 65.6 Å². The molecular formula is C15H29N3O2. The lowest BCUT2D eigenvalue weighted by Crippen LogP contribution is -2.53. The average molecular weight is 283 g/mol. The molecule has 2 fully saturated rings. The number of carbonyl (C=O) groups excluding carboxylic acids is 1. The second-order valence-electron chi connectivity index (χ2n) is 6.84. The van der Waals surface area contributed by atoms with E-state index in [-0.39, 0.29) is 11.3 Å². The molecule has 2 rings (SSSR count). The average Bonchev–Trinajstić information content (AvgIpc) is 2.45. The molecule has 20 heavy (non-hydrogen) atoms. The lowest BCUT2D eigenvalue weighted by molar-refractivity contribution is -0.141. The summed E-state index contributed by atoms with van der Waals surface area (Å²) in [4.78, 5) is 19.2. The van der Waals surface area contributed by atoms with Crippen molar-refractivity contribution in [2.75, 3.05) is 65.6 Å². The van der Waals surface area contributed by atoms with Gasteiger partial charge in [0.25, 0.3) is 0 Å². The Morgan fingerprint density at radius 1 is 0.900 bits per heavy atom. The van der Waals surface area contributed by atoms with Gasteiger partial charge in [0.1, 0.15) is 0 Å². The monoisotopic (exact) mass is 283 g/mol. The van der Waals surface area contributed by atoms with E-state index in [4.69, 9.17) is 4.74 Å². The van der Waals surface area contributed by atoms with Crippen LogP contribution in [-0.4, -0.2) is 86.2 Å². The van der Waals surface area contributed by atoms with Crippen LogP contribution in [0.3, 0.4) is 0 Å². The van der Waals surface area contributed by atoms with Gasteiger partial charge in [-0.3, -0.25) is 14.6 Å². The standard InChI is InChI=1S/C15H29N3O2/c1-15(2,3)14(19)18-8-6-16(7-9-18)4-5-17-10-12-20-13-11-17/h4-13H2,1-3H3. The maximum absolute atomic E-state index is 12.2. The van der Waals surface area contributed by atoms with Crippen molar-refractivity contribution in [1.29, 1.82) is 0 Å². The van der Waals surface area contributed by atoms with Gasteiger partial charge in [0.15, 0.2) is 0 Å². The van der Waals surface area contributed by atoms with Crippen molar-refractivity contribution in [3.8, 4) is 0 Å². The maximum Gasteiger partial charge on any atom is 0.228 e. The van der Waals surface area contributed by atoms with E-state index in [1.807, 2.05) is 25.7 Å². The highest BCUT2D eigenvalue weighted by molar-refractivity contribution is 5.81. The molecule has 0 aliphatic carbocycles. The summed E-state index contributed by atoms with van der Waals surface area (Å²) in [6.07, 6.45) is 0. The zero-order valence-electron chi connectivity index (χ0n) is 13.2. The summed E-state index contributed by atoms with van der Waals surface area (Å²) in [6, 6.07) is 0. The Kier molecular flexibility index (Phi) is 5.41. The van der Waals surface area contributed by atoms with Crippen molar-refractivity contribution < 1.29 is 9.53 Å². The summed E-state index contributed by atoms with van der Waals surface area (Å²) in [7, 11) is 0. The van der Waals surface area contributed by atoms with Gasteiger partial charge in [-0.25, -0.2) is 0 Å². The molecule has 1 amide bonds. The highest BCUT2D eigenvalue weighted by atomic mass is 16.5. The first-order valence-corrected chi connectivity index (χ1v) is 7.78. The van der Waals surface area contributed by atoms with Crippen molar-refractivity contribution in [2.45, 2.75) is 20.8 Å². The van der Waals surface area contributed by atoms with Crippen molar-refractivity contribution >= 4 is 5.91 Å². The molecule has 0 atom stereocenters. The molecule has 0 unspecified atom stereocenters. The summed E-state index contributed by atoms with van der Waals surface area (Å²) < 4.78 is 5.36. The minimum absolute atomic E-state index is 0.254. The molecule has 2 aliphatic heterocycles. The lowest BCUT2D eigenvalue weighted by Gasteiger charge is -2.38. The zero-order chi connectivity index (χ0) is 14.6. The topological polar surface area (TPSA) is 36.0 Å². The van der Waals surface area contributed by atoms with Gasteiger partial charge in [0, 0.05) is 57.8 Å². The van der Waals surface area contributed by atoms with Crippen LogP contribution in [0, 0.1) is 5.41 Å². The van der Waals surface area contributed by atoms with Crippen LogP contribution >= 0.6 is 0 Å². The molecule has 2 heterocycles. The van der Waals surface area contributed by atoms with Gasteiger partial charge >= 0.3 is 0 Å². The number of carbonyl (C=O) groups is 1. The van der Waals surface area contributed by atoms with E-state index in [0.29, 0.717) is 0 Å². The molecule has 0 N–H and O–H groups in total. The van der Waals surface area contributed by atoms with Crippen LogP contribution in [0.2, 0.25) is 0 Å². The Morgan fingerprint density at radius 3 is 1.90 bits per heavy atom. The summed E-state index contributed by atoms with van der Waals surface area (Å²) in [5, 5.41) is 0. The van der Waals surface area contributed by atoms with Gasteiger partial charge < -0.3 is 9.64 Å². The summed E-state index contributed by atoms with van der Waals surface area (Å²) >= 11 is 0. The fourth-order valence-electron chi connectivity index (χ4n) is 2.76. The number of piperazine rings is 1. The van der Waals surface area contributed by atoms with Crippen molar-refractivity contribution in [3.63, 3.8) is 0 Å². The molecule has 0 spiro atoms. The molecular weight excluding hydrogens is 254 g/mol. The van der Waals surface area contributed by atoms with E-state index >= 15 is 0 Å². The summed E-state index contributed by atoms with van der Waals surface area (Å²) in [6.45, 7) is 15.8. The molecule has 0 saturated carbocycles. The predicted octanol–water partition coefficient (Wildman–Crippen LogP) is 0.509. The van der Waals surface area contributed by atoms with Crippen LogP contribution in [0.1, 0.15) is 20.8 Å². The van der Waals surface area contributed by atoms with Crippen LogP contribution in [0.5, 0.6) is 0 Å². The normalized spacial score (nSPS) is 23.1. The second kappa shape index (κ2) is 6.87. The first kappa shape index (κ1) is 15.7. The van der Waals surface area contributed by atoms with Gasteiger partial charge in [-0.2, -0.15) is 0 Å². The van der Waals surface area contributed by atoms with Crippen LogP contribution in [-0.2, 0) is 9.53 Å². The number of rotatable bonds is 3. The smallest absolute Gasteiger partial charge is 0.228 e. The molecule has 5 heteroatoms. The van der Waals surface area contributed by atoms with Gasteiger partial charge in [-0.1, -0.05) is 20.8 Å². The van der Waals surface area contributed by atoms with Crippen LogP contribution in [0.15, 0.2) is 0 Å².